The van der Waals surface area contributed by atoms with Crippen molar-refractivity contribution in [2.24, 2.45) is 0 Å². The second-order valence-electron chi connectivity index (χ2n) is 17.0. The van der Waals surface area contributed by atoms with E-state index in [9.17, 15) is 0 Å². The Bertz CT molecular complexity index is 3740. The Labute approximate surface area is 376 Å². The highest BCUT2D eigenvalue weighted by Gasteiger charge is 2.28. The fraction of sp³-hybridized carbons (Fsp3) is 0.0164. The lowest BCUT2D eigenvalue weighted by Gasteiger charge is -2.31. The van der Waals surface area contributed by atoms with Gasteiger partial charge in [0.2, 0.25) is 0 Å². The van der Waals surface area contributed by atoms with Gasteiger partial charge in [0.1, 0.15) is 0 Å². The summed E-state index contributed by atoms with van der Waals surface area (Å²) in [6.07, 6.45) is 0. The summed E-state index contributed by atoms with van der Waals surface area (Å²) in [6.45, 7) is 0. The summed E-state index contributed by atoms with van der Waals surface area (Å²) in [5.41, 5.74) is 16.7. The molecule has 10 aromatic carbocycles. The van der Waals surface area contributed by atoms with Crippen LogP contribution in [0.25, 0.3) is 105 Å². The van der Waals surface area contributed by atoms with Crippen LogP contribution in [0.5, 0.6) is 0 Å². The average molecular weight is 829 g/mol. The van der Waals surface area contributed by atoms with Gasteiger partial charge in [0, 0.05) is 44.4 Å². The topological polar surface area (TPSA) is 42.7 Å². The van der Waals surface area contributed by atoms with E-state index in [0.717, 1.165) is 50.5 Å². The van der Waals surface area contributed by atoms with Gasteiger partial charge in [0.25, 0.3) is 0 Å². The number of nitrogens with one attached hydrogen (secondary N) is 1. The Balaban J connectivity index is 1.02. The summed E-state index contributed by atoms with van der Waals surface area (Å²) >= 11 is 0. The van der Waals surface area contributed by atoms with Crippen LogP contribution < -0.4 is 5.32 Å². The van der Waals surface area contributed by atoms with Gasteiger partial charge in [0.15, 0.2) is 5.82 Å². The minimum absolute atomic E-state index is 0.0472. The Morgan fingerprint density at radius 1 is 0.385 bits per heavy atom. The number of rotatable bonds is 6. The highest BCUT2D eigenvalue weighted by atomic mass is 15.0. The Morgan fingerprint density at radius 2 is 0.985 bits per heavy atom. The number of hydrogen-bond acceptors (Lipinski definition) is 3. The molecule has 3 heterocycles. The maximum absolute atomic E-state index is 5.13. The maximum atomic E-state index is 5.13. The Kier molecular flexibility index (Phi) is 8.56. The van der Waals surface area contributed by atoms with Crippen LogP contribution in [0.15, 0.2) is 231 Å². The molecule has 1 N–H and O–H groups in total. The summed E-state index contributed by atoms with van der Waals surface area (Å²) < 4.78 is 2.47. The molecular weight excluding hydrogens is 789 g/mol. The minimum Gasteiger partial charge on any atom is -0.374 e. The first-order chi connectivity index (χ1) is 32.2. The molecule has 0 saturated carbocycles. The summed E-state index contributed by atoms with van der Waals surface area (Å²) in [4.78, 5) is 10.3. The van der Waals surface area contributed by atoms with Crippen molar-refractivity contribution in [3.05, 3.63) is 242 Å². The van der Waals surface area contributed by atoms with Crippen LogP contribution in [0.2, 0.25) is 0 Å². The molecule has 1 atom stereocenters. The molecule has 0 saturated heterocycles. The van der Waals surface area contributed by atoms with Crippen molar-refractivity contribution >= 4 is 49.0 Å². The maximum Gasteiger partial charge on any atom is 0.160 e. The smallest absolute Gasteiger partial charge is 0.160 e. The largest absolute Gasteiger partial charge is 0.374 e. The van der Waals surface area contributed by atoms with Gasteiger partial charge < -0.3 is 9.88 Å². The molecule has 0 radical (unpaired) electrons. The summed E-state index contributed by atoms with van der Waals surface area (Å²) in [5.74, 6) is 0.697. The number of anilines is 1. The molecule has 2 aromatic heterocycles. The van der Waals surface area contributed by atoms with Gasteiger partial charge in [-0.2, -0.15) is 0 Å². The van der Waals surface area contributed by atoms with E-state index in [1.54, 1.807) is 0 Å². The highest BCUT2D eigenvalue weighted by Crippen LogP contribution is 2.48. The lowest BCUT2D eigenvalue weighted by Crippen LogP contribution is -2.18. The van der Waals surface area contributed by atoms with Crippen molar-refractivity contribution in [3.8, 4) is 61.8 Å². The van der Waals surface area contributed by atoms with Crippen LogP contribution in [0.3, 0.4) is 0 Å². The van der Waals surface area contributed by atoms with Crippen LogP contribution in [0.4, 0.5) is 5.69 Å². The monoisotopic (exact) mass is 828 g/mol. The van der Waals surface area contributed by atoms with E-state index in [1.807, 2.05) is 12.1 Å². The zero-order valence-corrected chi connectivity index (χ0v) is 35.4. The van der Waals surface area contributed by atoms with Crippen molar-refractivity contribution in [1.82, 2.24) is 14.5 Å². The van der Waals surface area contributed by atoms with Gasteiger partial charge in [-0.3, -0.25) is 0 Å². The molecule has 1 aliphatic heterocycles. The molecular formula is C61H40N4. The molecule has 1 aliphatic rings. The first-order valence-corrected chi connectivity index (χ1v) is 22.3. The average Bonchev–Trinajstić information content (AvgIpc) is 3.71. The molecule has 1 unspecified atom stereocenters. The van der Waals surface area contributed by atoms with Crippen molar-refractivity contribution < 1.29 is 0 Å². The van der Waals surface area contributed by atoms with Gasteiger partial charge in [0.05, 0.1) is 28.5 Å². The molecule has 0 bridgehead atoms. The van der Waals surface area contributed by atoms with E-state index in [-0.39, 0.29) is 6.04 Å². The fourth-order valence-corrected chi connectivity index (χ4v) is 10.1. The zero-order chi connectivity index (χ0) is 42.8. The van der Waals surface area contributed by atoms with Crippen molar-refractivity contribution in [1.29, 1.82) is 0 Å². The van der Waals surface area contributed by atoms with E-state index in [4.69, 9.17) is 9.97 Å². The molecule has 0 spiro atoms. The molecule has 304 valence electrons. The third-order valence-corrected chi connectivity index (χ3v) is 13.2. The third-order valence-electron chi connectivity index (χ3n) is 13.2. The lowest BCUT2D eigenvalue weighted by atomic mass is 9.84. The van der Waals surface area contributed by atoms with Gasteiger partial charge in [-0.1, -0.05) is 182 Å². The molecule has 12 aromatic rings. The lowest BCUT2D eigenvalue weighted by molar-refractivity contribution is 0.933. The van der Waals surface area contributed by atoms with Crippen molar-refractivity contribution in [3.63, 3.8) is 0 Å². The van der Waals surface area contributed by atoms with E-state index in [1.165, 1.54) is 65.7 Å². The third kappa shape index (κ3) is 6.30. The molecule has 13 rings (SSSR count). The number of para-hydroxylation sites is 1. The van der Waals surface area contributed by atoms with Gasteiger partial charge >= 0.3 is 0 Å². The van der Waals surface area contributed by atoms with Crippen LogP contribution >= 0.6 is 0 Å². The number of benzene rings is 10. The Hall–Kier alpha value is -8.60. The van der Waals surface area contributed by atoms with Crippen LogP contribution in [0.1, 0.15) is 17.2 Å². The van der Waals surface area contributed by atoms with Gasteiger partial charge in [-0.15, -0.1) is 0 Å². The predicted octanol–water partition coefficient (Wildman–Crippen LogP) is 15.7. The number of nitrogens with zero attached hydrogens (tertiary/aromatic N) is 3. The van der Waals surface area contributed by atoms with Crippen LogP contribution in [-0.2, 0) is 0 Å². The zero-order valence-electron chi connectivity index (χ0n) is 35.4. The normalized spacial score (nSPS) is 13.2. The molecule has 4 nitrogen and oxygen atoms in total. The Morgan fingerprint density at radius 3 is 1.71 bits per heavy atom. The van der Waals surface area contributed by atoms with Crippen LogP contribution in [0, 0.1) is 0 Å². The molecule has 0 aliphatic carbocycles. The molecule has 0 fully saturated rings. The van der Waals surface area contributed by atoms with Gasteiger partial charge in [-0.05, 0) is 97.9 Å². The quantitative estimate of drug-likeness (QED) is 0.182. The number of fused-ring (bicyclic) bond motifs is 8. The van der Waals surface area contributed by atoms with Crippen molar-refractivity contribution in [2.45, 2.75) is 6.04 Å². The van der Waals surface area contributed by atoms with Crippen molar-refractivity contribution in [2.75, 3.05) is 5.32 Å². The second-order valence-corrected chi connectivity index (χ2v) is 17.0. The predicted molar refractivity (Wildman–Crippen MR) is 270 cm³/mol. The first kappa shape index (κ1) is 37.0. The van der Waals surface area contributed by atoms with E-state index < -0.39 is 0 Å². The van der Waals surface area contributed by atoms with Gasteiger partial charge in [-0.25, -0.2) is 9.97 Å². The summed E-state index contributed by atoms with van der Waals surface area (Å²) in [6, 6.07) is 83.0. The molecule has 0 amide bonds. The molecule has 65 heavy (non-hydrogen) atoms. The van der Waals surface area contributed by atoms with E-state index in [0.29, 0.717) is 5.82 Å². The second kappa shape index (κ2) is 15.0. The molecule has 4 heteroatoms. The number of hydrogen-bond donors (Lipinski definition) is 1. The standard InChI is InChI=1S/C61H40N4/c1-3-16-42(17-4-1)55-38-56(43-18-5-2-6-19-43)64-61(63-55)44-29-27-41(28-30-44)49-23-13-25-57-59(49)53-36-51-50-22-11-12-24-54(50)62-60(47-31-26-39-14-7-9-20-45(39)34-47)52(51)37-58(53)65(57)48-33-32-40-15-8-10-21-46(40)35-48/h1-38,60,62H. The summed E-state index contributed by atoms with van der Waals surface area (Å²) in [5, 5.41) is 11.3. The van der Waals surface area contributed by atoms with Crippen LogP contribution in [-0.4, -0.2) is 14.5 Å². The minimum atomic E-state index is -0.0472. The SMILES string of the molecule is c1ccc(-c2cc(-c3ccccc3)nc(-c3ccc(-c4cccc5c4c4cc6c(cc4n5-c4ccc5ccccc5c4)C(c4ccc5ccccc5c4)Nc4ccccc4-6)cc3)n2)cc1. The highest BCUT2D eigenvalue weighted by molar-refractivity contribution is 6.17. The number of aromatic nitrogens is 3. The van der Waals surface area contributed by atoms with E-state index in [2.05, 4.69) is 228 Å². The summed E-state index contributed by atoms with van der Waals surface area (Å²) in [7, 11) is 0. The fourth-order valence-electron chi connectivity index (χ4n) is 10.1. The first-order valence-electron chi connectivity index (χ1n) is 22.3. The van der Waals surface area contributed by atoms with E-state index >= 15 is 0 Å².